The van der Waals surface area contributed by atoms with Crippen LogP contribution in [0.1, 0.15) is 46.0 Å². The number of hydrogen-bond donors (Lipinski definition) is 3. The van der Waals surface area contributed by atoms with Crippen LogP contribution in [-0.2, 0) is 0 Å². The summed E-state index contributed by atoms with van der Waals surface area (Å²) in [6.45, 7) is 6.60. The summed E-state index contributed by atoms with van der Waals surface area (Å²) in [5.74, 6) is 2.70. The normalized spacial score (nSPS) is 23.6. The molecule has 1 fully saturated rings. The number of thioether (sulfide) groups is 1. The Morgan fingerprint density at radius 1 is 1.26 bits per heavy atom. The van der Waals surface area contributed by atoms with Gasteiger partial charge in [0.05, 0.1) is 12.1 Å². The molecule has 112 valence electrons. The molecule has 19 heavy (non-hydrogen) atoms. The highest BCUT2D eigenvalue weighted by molar-refractivity contribution is 7.99. The summed E-state index contributed by atoms with van der Waals surface area (Å²) in [6, 6.07) is 0. The quantitative estimate of drug-likeness (QED) is 0.363. The van der Waals surface area contributed by atoms with Crippen LogP contribution in [0.5, 0.6) is 0 Å². The van der Waals surface area contributed by atoms with E-state index >= 15 is 0 Å². The summed E-state index contributed by atoms with van der Waals surface area (Å²) in [6.07, 6.45) is 5.87. The van der Waals surface area contributed by atoms with Crippen molar-refractivity contribution in [3.05, 3.63) is 0 Å². The van der Waals surface area contributed by atoms with Crippen molar-refractivity contribution in [2.75, 3.05) is 31.1 Å². The number of nitrogens with zero attached hydrogens (tertiary/aromatic N) is 1. The highest BCUT2D eigenvalue weighted by atomic mass is 32.2. The Morgan fingerprint density at radius 2 is 2.11 bits per heavy atom. The Balaban J connectivity index is 2.29. The first kappa shape index (κ1) is 16.6. The van der Waals surface area contributed by atoms with E-state index in [0.29, 0.717) is 6.54 Å². The smallest absolute Gasteiger partial charge is 0.191 e. The van der Waals surface area contributed by atoms with E-state index in [1.807, 2.05) is 11.8 Å². The summed E-state index contributed by atoms with van der Waals surface area (Å²) < 4.78 is 0. The maximum atomic E-state index is 10.3. The molecule has 0 aromatic carbocycles. The molecule has 0 aromatic rings. The topological polar surface area (TPSA) is 56.7 Å². The monoisotopic (exact) mass is 287 g/mol. The van der Waals surface area contributed by atoms with E-state index < -0.39 is 5.60 Å². The third-order valence-electron chi connectivity index (χ3n) is 3.28. The van der Waals surface area contributed by atoms with Gasteiger partial charge in [-0.1, -0.05) is 26.2 Å². The molecule has 1 unspecified atom stereocenters. The van der Waals surface area contributed by atoms with Crippen LogP contribution in [0, 0.1) is 0 Å². The average Bonchev–Trinajstić information content (AvgIpc) is 2.83. The number of unbranched alkanes of at least 4 members (excludes halogenated alkanes) is 3. The van der Waals surface area contributed by atoms with Gasteiger partial charge in [-0.2, -0.15) is 11.8 Å². The van der Waals surface area contributed by atoms with Crippen LogP contribution in [0.3, 0.4) is 0 Å². The molecule has 0 bridgehead atoms. The summed E-state index contributed by atoms with van der Waals surface area (Å²) in [5.41, 5.74) is -0.588. The highest BCUT2D eigenvalue weighted by Crippen LogP contribution is 2.27. The lowest BCUT2D eigenvalue weighted by molar-refractivity contribution is 0.0778. The van der Waals surface area contributed by atoms with Crippen molar-refractivity contribution in [1.82, 2.24) is 10.6 Å². The molecule has 0 saturated carbocycles. The molecule has 4 nitrogen and oxygen atoms in total. The van der Waals surface area contributed by atoms with E-state index in [-0.39, 0.29) is 0 Å². The second kappa shape index (κ2) is 9.48. The number of hydrogen-bond acceptors (Lipinski definition) is 3. The summed E-state index contributed by atoms with van der Waals surface area (Å²) in [4.78, 5) is 4.52. The van der Waals surface area contributed by atoms with Crippen LogP contribution in [0.2, 0.25) is 0 Å². The molecule has 1 saturated heterocycles. The van der Waals surface area contributed by atoms with Crippen LogP contribution >= 0.6 is 11.8 Å². The third-order valence-corrected chi connectivity index (χ3v) is 4.52. The molecule has 0 aromatic heterocycles. The Bertz CT molecular complexity index is 265. The largest absolute Gasteiger partial charge is 0.387 e. The van der Waals surface area contributed by atoms with Gasteiger partial charge in [0, 0.05) is 18.8 Å². The zero-order chi connectivity index (χ0) is 14.0. The van der Waals surface area contributed by atoms with Gasteiger partial charge in [-0.05, 0) is 25.5 Å². The van der Waals surface area contributed by atoms with Crippen molar-refractivity contribution in [3.8, 4) is 0 Å². The van der Waals surface area contributed by atoms with Crippen LogP contribution in [0.4, 0.5) is 0 Å². The Labute approximate surface area is 121 Å². The minimum atomic E-state index is -0.588. The highest BCUT2D eigenvalue weighted by Gasteiger charge is 2.31. The average molecular weight is 287 g/mol. The number of aliphatic hydroxyl groups is 1. The van der Waals surface area contributed by atoms with Gasteiger partial charge in [0.2, 0.25) is 0 Å². The first-order valence-electron chi connectivity index (χ1n) is 7.52. The predicted octanol–water partition coefficient (Wildman–Crippen LogP) is 1.99. The van der Waals surface area contributed by atoms with Gasteiger partial charge >= 0.3 is 0 Å². The molecular weight excluding hydrogens is 258 g/mol. The summed E-state index contributed by atoms with van der Waals surface area (Å²) in [7, 11) is 0. The minimum absolute atomic E-state index is 0.504. The lowest BCUT2D eigenvalue weighted by Crippen LogP contribution is -2.40. The van der Waals surface area contributed by atoms with Crippen LogP contribution in [0.25, 0.3) is 0 Å². The molecule has 1 heterocycles. The van der Waals surface area contributed by atoms with Gasteiger partial charge in [-0.3, -0.25) is 4.99 Å². The number of rotatable bonds is 8. The Morgan fingerprint density at radius 3 is 2.74 bits per heavy atom. The zero-order valence-corrected chi connectivity index (χ0v) is 13.2. The van der Waals surface area contributed by atoms with Crippen LogP contribution in [-0.4, -0.2) is 47.8 Å². The molecule has 0 radical (unpaired) electrons. The molecule has 0 aliphatic carbocycles. The van der Waals surface area contributed by atoms with E-state index in [1.165, 1.54) is 25.7 Å². The van der Waals surface area contributed by atoms with Crippen molar-refractivity contribution in [2.24, 2.45) is 4.99 Å². The standard InChI is InChI=1S/C14H29N3OS/c1-3-5-6-7-9-16-13(15-4-2)17-11-14(18)8-10-19-12-14/h18H,3-12H2,1-2H3,(H2,15,16,17). The van der Waals surface area contributed by atoms with Crippen molar-refractivity contribution >= 4 is 17.7 Å². The second-order valence-corrected chi connectivity index (χ2v) is 6.31. The molecule has 1 aliphatic rings. The first-order chi connectivity index (χ1) is 9.20. The molecule has 1 rings (SSSR count). The molecule has 0 amide bonds. The van der Waals surface area contributed by atoms with E-state index in [1.54, 1.807) is 0 Å². The molecule has 3 N–H and O–H groups in total. The lowest BCUT2D eigenvalue weighted by Gasteiger charge is -2.19. The summed E-state index contributed by atoms with van der Waals surface area (Å²) in [5, 5.41) is 16.8. The maximum Gasteiger partial charge on any atom is 0.191 e. The minimum Gasteiger partial charge on any atom is -0.387 e. The molecule has 1 aliphatic heterocycles. The van der Waals surface area contributed by atoms with E-state index in [2.05, 4.69) is 29.5 Å². The number of guanidine groups is 1. The van der Waals surface area contributed by atoms with E-state index in [4.69, 9.17) is 0 Å². The van der Waals surface area contributed by atoms with Gasteiger partial charge in [0.25, 0.3) is 0 Å². The predicted molar refractivity (Wildman–Crippen MR) is 85.0 cm³/mol. The second-order valence-electron chi connectivity index (χ2n) is 5.21. The number of nitrogens with one attached hydrogen (secondary N) is 2. The number of aliphatic imine (C=N–C) groups is 1. The molecule has 1 atom stereocenters. The van der Waals surface area contributed by atoms with E-state index in [0.717, 1.165) is 37.0 Å². The van der Waals surface area contributed by atoms with Crippen molar-refractivity contribution in [3.63, 3.8) is 0 Å². The van der Waals surface area contributed by atoms with Gasteiger partial charge in [0.15, 0.2) is 5.96 Å². The fraction of sp³-hybridized carbons (Fsp3) is 0.929. The van der Waals surface area contributed by atoms with Gasteiger partial charge in [-0.15, -0.1) is 0 Å². The zero-order valence-electron chi connectivity index (χ0n) is 12.4. The molecular formula is C14H29N3OS. The SMILES string of the molecule is CCCCCCNC(=NCC1(O)CCSC1)NCC. The van der Waals surface area contributed by atoms with Crippen molar-refractivity contribution in [2.45, 2.75) is 51.6 Å². The van der Waals surface area contributed by atoms with Gasteiger partial charge in [-0.25, -0.2) is 0 Å². The fourth-order valence-corrected chi connectivity index (χ4v) is 3.33. The Hall–Kier alpha value is -0.420. The van der Waals surface area contributed by atoms with E-state index in [9.17, 15) is 5.11 Å². The van der Waals surface area contributed by atoms with Crippen molar-refractivity contribution in [1.29, 1.82) is 0 Å². The van der Waals surface area contributed by atoms with Crippen LogP contribution in [0.15, 0.2) is 4.99 Å². The van der Waals surface area contributed by atoms with Crippen LogP contribution < -0.4 is 10.6 Å². The lowest BCUT2D eigenvalue weighted by atomic mass is 10.1. The van der Waals surface area contributed by atoms with Crippen molar-refractivity contribution < 1.29 is 5.11 Å². The third kappa shape index (κ3) is 7.06. The van der Waals surface area contributed by atoms with Gasteiger partial charge in [0.1, 0.15) is 0 Å². The fourth-order valence-electron chi connectivity index (χ4n) is 2.05. The van der Waals surface area contributed by atoms with Gasteiger partial charge < -0.3 is 15.7 Å². The first-order valence-corrected chi connectivity index (χ1v) is 8.68. The molecule has 0 spiro atoms. The summed E-state index contributed by atoms with van der Waals surface area (Å²) >= 11 is 1.81. The molecule has 5 heteroatoms. The Kier molecular flexibility index (Phi) is 8.30. The maximum absolute atomic E-state index is 10.3.